The Morgan fingerprint density at radius 3 is 2.50 bits per heavy atom. The lowest BCUT2D eigenvalue weighted by molar-refractivity contribution is 0.0600. The van der Waals surface area contributed by atoms with Gasteiger partial charge in [-0.1, -0.05) is 44.7 Å². The van der Waals surface area contributed by atoms with Crippen molar-refractivity contribution >= 4 is 5.97 Å². The van der Waals surface area contributed by atoms with Crippen molar-refractivity contribution < 1.29 is 9.53 Å². The third kappa shape index (κ3) is 6.20. The first-order valence-electron chi connectivity index (χ1n) is 7.58. The van der Waals surface area contributed by atoms with Gasteiger partial charge in [-0.15, -0.1) is 0 Å². The summed E-state index contributed by atoms with van der Waals surface area (Å²) in [4.78, 5) is 11.3. The topological polar surface area (TPSA) is 38.3 Å². The summed E-state index contributed by atoms with van der Waals surface area (Å²) < 4.78 is 4.68. The summed E-state index contributed by atoms with van der Waals surface area (Å²) in [6, 6.07) is 8.11. The van der Waals surface area contributed by atoms with Gasteiger partial charge < -0.3 is 10.1 Å². The number of nitrogens with one attached hydrogen (secondary N) is 1. The van der Waals surface area contributed by atoms with Crippen LogP contribution in [0.5, 0.6) is 0 Å². The minimum Gasteiger partial charge on any atom is -0.465 e. The highest BCUT2D eigenvalue weighted by atomic mass is 16.5. The van der Waals surface area contributed by atoms with Gasteiger partial charge in [0, 0.05) is 12.6 Å². The van der Waals surface area contributed by atoms with Crippen molar-refractivity contribution in [3.8, 4) is 0 Å². The van der Waals surface area contributed by atoms with Gasteiger partial charge in [0.2, 0.25) is 0 Å². The highest BCUT2D eigenvalue weighted by Crippen LogP contribution is 2.08. The molecule has 1 rings (SSSR count). The lowest BCUT2D eigenvalue weighted by Crippen LogP contribution is -2.25. The molecule has 0 aliphatic heterocycles. The molecule has 0 fully saturated rings. The van der Waals surface area contributed by atoms with Gasteiger partial charge in [-0.2, -0.15) is 0 Å². The molecule has 1 unspecified atom stereocenters. The average Bonchev–Trinajstić information content (AvgIpc) is 2.49. The van der Waals surface area contributed by atoms with Crippen molar-refractivity contribution in [1.29, 1.82) is 0 Å². The fourth-order valence-corrected chi connectivity index (χ4v) is 2.15. The molecule has 1 aromatic rings. The normalized spacial score (nSPS) is 12.2. The number of benzene rings is 1. The number of methoxy groups -OCH3 is 1. The fourth-order valence-electron chi connectivity index (χ4n) is 2.15. The third-order valence-corrected chi connectivity index (χ3v) is 3.52. The number of esters is 1. The van der Waals surface area contributed by atoms with Crippen LogP contribution in [0.4, 0.5) is 0 Å². The van der Waals surface area contributed by atoms with E-state index in [1.165, 1.54) is 44.8 Å². The van der Waals surface area contributed by atoms with Gasteiger partial charge in [0.15, 0.2) is 0 Å². The molecule has 112 valence electrons. The summed E-state index contributed by atoms with van der Waals surface area (Å²) in [6.45, 7) is 5.31. The second-order valence-corrected chi connectivity index (χ2v) is 5.32. The van der Waals surface area contributed by atoms with Crippen molar-refractivity contribution in [2.24, 2.45) is 0 Å². The molecule has 0 bridgehead atoms. The minimum absolute atomic E-state index is 0.284. The SMILES string of the molecule is CCCCCCC(C)NCc1ccc(C(=O)OC)cc1. The Hall–Kier alpha value is -1.35. The Balaban J connectivity index is 2.29. The summed E-state index contributed by atoms with van der Waals surface area (Å²) in [5.74, 6) is -0.284. The molecule has 0 aromatic heterocycles. The third-order valence-electron chi connectivity index (χ3n) is 3.52. The molecule has 0 amide bonds. The van der Waals surface area contributed by atoms with Crippen LogP contribution in [0.1, 0.15) is 61.9 Å². The second-order valence-electron chi connectivity index (χ2n) is 5.32. The second kappa shape index (κ2) is 9.54. The average molecular weight is 277 g/mol. The largest absolute Gasteiger partial charge is 0.465 e. The van der Waals surface area contributed by atoms with Crippen LogP contribution in [0.3, 0.4) is 0 Å². The van der Waals surface area contributed by atoms with Gasteiger partial charge in [0.1, 0.15) is 0 Å². The van der Waals surface area contributed by atoms with E-state index < -0.39 is 0 Å². The van der Waals surface area contributed by atoms with Crippen LogP contribution in [0.2, 0.25) is 0 Å². The van der Waals surface area contributed by atoms with E-state index in [4.69, 9.17) is 0 Å². The molecule has 1 N–H and O–H groups in total. The summed E-state index contributed by atoms with van der Waals surface area (Å²) in [5, 5.41) is 3.52. The smallest absolute Gasteiger partial charge is 0.337 e. The fraction of sp³-hybridized carbons (Fsp3) is 0.588. The molecule has 20 heavy (non-hydrogen) atoms. The Bertz CT molecular complexity index is 386. The van der Waals surface area contributed by atoms with Crippen LogP contribution in [0.25, 0.3) is 0 Å². The van der Waals surface area contributed by atoms with E-state index in [9.17, 15) is 4.79 Å². The van der Waals surface area contributed by atoms with Crippen molar-refractivity contribution in [3.05, 3.63) is 35.4 Å². The van der Waals surface area contributed by atoms with Crippen LogP contribution in [0.15, 0.2) is 24.3 Å². The molecule has 0 saturated heterocycles. The Morgan fingerprint density at radius 2 is 1.90 bits per heavy atom. The molecule has 3 nitrogen and oxygen atoms in total. The standard InChI is InChI=1S/C17H27NO2/c1-4-5-6-7-8-14(2)18-13-15-9-11-16(12-10-15)17(19)20-3/h9-12,14,18H,4-8,13H2,1-3H3. The van der Waals surface area contributed by atoms with Gasteiger partial charge in [-0.05, 0) is 31.0 Å². The van der Waals surface area contributed by atoms with Crippen molar-refractivity contribution in [1.82, 2.24) is 5.32 Å². The van der Waals surface area contributed by atoms with Crippen LogP contribution in [-0.2, 0) is 11.3 Å². The number of hydrogen-bond donors (Lipinski definition) is 1. The molecule has 0 radical (unpaired) electrons. The maximum Gasteiger partial charge on any atom is 0.337 e. The van der Waals surface area contributed by atoms with E-state index in [0.717, 1.165) is 6.54 Å². The monoisotopic (exact) mass is 277 g/mol. The first-order valence-corrected chi connectivity index (χ1v) is 7.58. The molecular formula is C17H27NO2. The van der Waals surface area contributed by atoms with E-state index in [1.807, 2.05) is 24.3 Å². The number of hydrogen-bond acceptors (Lipinski definition) is 3. The van der Waals surface area contributed by atoms with E-state index >= 15 is 0 Å². The zero-order valence-electron chi connectivity index (χ0n) is 12.9. The molecule has 1 atom stereocenters. The van der Waals surface area contributed by atoms with Crippen molar-refractivity contribution in [2.45, 2.75) is 58.5 Å². The summed E-state index contributed by atoms with van der Waals surface area (Å²) in [6.07, 6.45) is 6.47. The predicted octanol–water partition coefficient (Wildman–Crippen LogP) is 3.92. The summed E-state index contributed by atoms with van der Waals surface area (Å²) in [7, 11) is 1.40. The number of unbranched alkanes of at least 4 members (excludes halogenated alkanes) is 3. The zero-order chi connectivity index (χ0) is 14.8. The van der Waals surface area contributed by atoms with Crippen molar-refractivity contribution in [2.75, 3.05) is 7.11 Å². The van der Waals surface area contributed by atoms with Gasteiger partial charge in [0.25, 0.3) is 0 Å². The molecule has 0 saturated carbocycles. The molecule has 3 heteroatoms. The number of rotatable bonds is 9. The van der Waals surface area contributed by atoms with E-state index in [2.05, 4.69) is 23.9 Å². The first-order chi connectivity index (χ1) is 9.67. The van der Waals surface area contributed by atoms with Gasteiger partial charge >= 0.3 is 5.97 Å². The van der Waals surface area contributed by atoms with E-state index in [0.29, 0.717) is 11.6 Å². The van der Waals surface area contributed by atoms with Gasteiger partial charge in [0.05, 0.1) is 12.7 Å². The summed E-state index contributed by atoms with van der Waals surface area (Å²) in [5.41, 5.74) is 1.79. The Morgan fingerprint density at radius 1 is 1.20 bits per heavy atom. The molecule has 0 aliphatic rings. The zero-order valence-corrected chi connectivity index (χ0v) is 12.9. The highest BCUT2D eigenvalue weighted by molar-refractivity contribution is 5.89. The molecular weight excluding hydrogens is 250 g/mol. The lowest BCUT2D eigenvalue weighted by atomic mass is 10.1. The number of ether oxygens (including phenoxy) is 1. The number of carbonyl (C=O) groups excluding carboxylic acids is 1. The van der Waals surface area contributed by atoms with E-state index in [1.54, 1.807) is 0 Å². The maximum atomic E-state index is 11.3. The molecule has 0 spiro atoms. The lowest BCUT2D eigenvalue weighted by Gasteiger charge is -2.13. The van der Waals surface area contributed by atoms with Gasteiger partial charge in [-0.25, -0.2) is 4.79 Å². The summed E-state index contributed by atoms with van der Waals surface area (Å²) >= 11 is 0. The highest BCUT2D eigenvalue weighted by Gasteiger charge is 2.05. The van der Waals surface area contributed by atoms with Crippen LogP contribution in [0, 0.1) is 0 Å². The number of carbonyl (C=O) groups is 1. The minimum atomic E-state index is -0.284. The maximum absolute atomic E-state index is 11.3. The quantitative estimate of drug-likeness (QED) is 0.549. The van der Waals surface area contributed by atoms with Crippen LogP contribution >= 0.6 is 0 Å². The molecule has 0 heterocycles. The van der Waals surface area contributed by atoms with Crippen LogP contribution < -0.4 is 5.32 Å². The Kier molecular flexibility index (Phi) is 7.97. The first kappa shape index (κ1) is 16.7. The molecule has 0 aliphatic carbocycles. The van der Waals surface area contributed by atoms with Crippen molar-refractivity contribution in [3.63, 3.8) is 0 Å². The molecule has 1 aromatic carbocycles. The predicted molar refractivity (Wildman–Crippen MR) is 82.8 cm³/mol. The van der Waals surface area contributed by atoms with Gasteiger partial charge in [-0.3, -0.25) is 0 Å². The Labute approximate surface area is 122 Å². The van der Waals surface area contributed by atoms with E-state index in [-0.39, 0.29) is 5.97 Å². The van der Waals surface area contributed by atoms with Crippen LogP contribution in [-0.4, -0.2) is 19.1 Å².